The van der Waals surface area contributed by atoms with Gasteiger partial charge in [-0.3, -0.25) is 4.79 Å². The zero-order valence-corrected chi connectivity index (χ0v) is 14.3. The maximum absolute atomic E-state index is 12.1. The second-order valence-corrected chi connectivity index (χ2v) is 5.15. The summed E-state index contributed by atoms with van der Waals surface area (Å²) < 4.78 is 15.8. The van der Waals surface area contributed by atoms with Crippen molar-refractivity contribution >= 4 is 17.7 Å². The normalized spacial score (nSPS) is 10.5. The number of ether oxygens (including phenoxy) is 3. The Morgan fingerprint density at radius 1 is 1.00 bits per heavy atom. The number of carbonyl (C=O) groups excluding carboxylic acids is 1. The highest BCUT2D eigenvalue weighted by atomic mass is 16.5. The number of aryl methyl sites for hydroxylation is 1. The Balaban J connectivity index is 2.16. The summed E-state index contributed by atoms with van der Waals surface area (Å²) in [6.45, 7) is 2.01. The van der Waals surface area contributed by atoms with E-state index < -0.39 is 0 Å². The number of amides is 1. The summed E-state index contributed by atoms with van der Waals surface area (Å²) in [5.41, 5.74) is 2.67. The van der Waals surface area contributed by atoms with Gasteiger partial charge < -0.3 is 19.5 Å². The van der Waals surface area contributed by atoms with Crippen LogP contribution in [0.15, 0.2) is 42.5 Å². The average Bonchev–Trinajstić information content (AvgIpc) is 2.59. The molecule has 0 aliphatic heterocycles. The topological polar surface area (TPSA) is 56.8 Å². The Labute approximate surface area is 141 Å². The first-order valence-corrected chi connectivity index (χ1v) is 7.43. The second kappa shape index (κ2) is 8.06. The molecule has 0 radical (unpaired) electrons. The van der Waals surface area contributed by atoms with E-state index in [1.54, 1.807) is 18.2 Å². The molecule has 2 rings (SSSR count). The summed E-state index contributed by atoms with van der Waals surface area (Å²) in [5, 5.41) is 2.79. The van der Waals surface area contributed by atoms with E-state index in [4.69, 9.17) is 14.2 Å². The highest BCUT2D eigenvalue weighted by molar-refractivity contribution is 6.02. The van der Waals surface area contributed by atoms with Crippen molar-refractivity contribution in [1.29, 1.82) is 0 Å². The molecule has 5 heteroatoms. The molecule has 0 saturated heterocycles. The molecule has 0 bridgehead atoms. The highest BCUT2D eigenvalue weighted by Crippen LogP contribution is 2.39. The molecule has 1 amide bonds. The Hall–Kier alpha value is -2.95. The smallest absolute Gasteiger partial charge is 0.248 e. The molecule has 0 spiro atoms. The molecule has 5 nitrogen and oxygen atoms in total. The molecular formula is C19H21NO4. The van der Waals surface area contributed by atoms with Gasteiger partial charge in [-0.1, -0.05) is 29.8 Å². The van der Waals surface area contributed by atoms with Gasteiger partial charge in [0.2, 0.25) is 11.7 Å². The van der Waals surface area contributed by atoms with Gasteiger partial charge >= 0.3 is 0 Å². The fourth-order valence-electron chi connectivity index (χ4n) is 2.28. The molecule has 0 aliphatic rings. The molecule has 0 aliphatic carbocycles. The summed E-state index contributed by atoms with van der Waals surface area (Å²) in [6.07, 6.45) is 3.25. The van der Waals surface area contributed by atoms with Gasteiger partial charge in [-0.2, -0.15) is 0 Å². The van der Waals surface area contributed by atoms with Crippen molar-refractivity contribution in [3.63, 3.8) is 0 Å². The Morgan fingerprint density at radius 3 is 2.21 bits per heavy atom. The Bertz CT molecular complexity index is 728. The van der Waals surface area contributed by atoms with Crippen LogP contribution in [0.2, 0.25) is 0 Å². The van der Waals surface area contributed by atoms with Gasteiger partial charge in [-0.15, -0.1) is 0 Å². The van der Waals surface area contributed by atoms with E-state index in [0.29, 0.717) is 22.9 Å². The number of hydrogen-bond donors (Lipinski definition) is 1. The maximum atomic E-state index is 12.1. The van der Waals surface area contributed by atoms with Crippen LogP contribution in [0.4, 0.5) is 5.69 Å². The van der Waals surface area contributed by atoms with Crippen molar-refractivity contribution in [2.75, 3.05) is 26.6 Å². The van der Waals surface area contributed by atoms with E-state index in [0.717, 1.165) is 11.1 Å². The van der Waals surface area contributed by atoms with Crippen LogP contribution in [0.5, 0.6) is 17.2 Å². The first-order chi connectivity index (χ1) is 11.6. The SMILES string of the molecule is COc1cc(NC(=O)/C=C/c2cccc(C)c2)cc(OC)c1OC. The second-order valence-electron chi connectivity index (χ2n) is 5.15. The fourth-order valence-corrected chi connectivity index (χ4v) is 2.28. The molecule has 24 heavy (non-hydrogen) atoms. The van der Waals surface area contributed by atoms with E-state index in [1.807, 2.05) is 31.2 Å². The summed E-state index contributed by atoms with van der Waals surface area (Å²) in [6, 6.07) is 11.3. The van der Waals surface area contributed by atoms with Crippen molar-refractivity contribution in [2.24, 2.45) is 0 Å². The van der Waals surface area contributed by atoms with Crippen LogP contribution < -0.4 is 19.5 Å². The minimum Gasteiger partial charge on any atom is -0.493 e. The lowest BCUT2D eigenvalue weighted by Gasteiger charge is -2.14. The van der Waals surface area contributed by atoms with Crippen LogP contribution in [0.25, 0.3) is 6.08 Å². The number of hydrogen-bond acceptors (Lipinski definition) is 4. The Kier molecular flexibility index (Phi) is 5.84. The molecule has 0 aromatic heterocycles. The van der Waals surface area contributed by atoms with Crippen molar-refractivity contribution in [1.82, 2.24) is 0 Å². The predicted molar refractivity (Wildman–Crippen MR) is 94.9 cm³/mol. The largest absolute Gasteiger partial charge is 0.493 e. The van der Waals surface area contributed by atoms with Crippen LogP contribution in [0, 0.1) is 6.92 Å². The third kappa shape index (κ3) is 4.29. The van der Waals surface area contributed by atoms with Gasteiger partial charge in [0, 0.05) is 23.9 Å². The van der Waals surface area contributed by atoms with Crippen LogP contribution in [0.1, 0.15) is 11.1 Å². The first kappa shape index (κ1) is 17.4. The van der Waals surface area contributed by atoms with E-state index >= 15 is 0 Å². The zero-order valence-electron chi connectivity index (χ0n) is 14.3. The molecule has 0 heterocycles. The number of benzene rings is 2. The molecule has 0 unspecified atom stereocenters. The Morgan fingerprint density at radius 2 is 1.67 bits per heavy atom. The van der Waals surface area contributed by atoms with Crippen LogP contribution >= 0.6 is 0 Å². The minimum atomic E-state index is -0.245. The number of methoxy groups -OCH3 is 3. The molecule has 0 saturated carbocycles. The number of carbonyl (C=O) groups is 1. The predicted octanol–water partition coefficient (Wildman–Crippen LogP) is 3.67. The molecule has 1 N–H and O–H groups in total. The van der Waals surface area contributed by atoms with Gasteiger partial charge in [0.15, 0.2) is 11.5 Å². The summed E-state index contributed by atoms with van der Waals surface area (Å²) in [7, 11) is 4.59. The first-order valence-electron chi connectivity index (χ1n) is 7.43. The van der Waals surface area contributed by atoms with Gasteiger partial charge in [-0.05, 0) is 18.6 Å². The van der Waals surface area contributed by atoms with Crippen molar-refractivity contribution in [3.8, 4) is 17.2 Å². The van der Waals surface area contributed by atoms with Crippen LogP contribution in [0.3, 0.4) is 0 Å². The molecule has 2 aromatic rings. The van der Waals surface area contributed by atoms with Crippen molar-refractivity contribution in [3.05, 3.63) is 53.6 Å². The summed E-state index contributed by atoms with van der Waals surface area (Å²) in [5.74, 6) is 1.20. The summed E-state index contributed by atoms with van der Waals surface area (Å²) in [4.78, 5) is 12.1. The lowest BCUT2D eigenvalue weighted by molar-refractivity contribution is -0.111. The lowest BCUT2D eigenvalue weighted by Crippen LogP contribution is -2.08. The van der Waals surface area contributed by atoms with E-state index in [-0.39, 0.29) is 5.91 Å². The monoisotopic (exact) mass is 327 g/mol. The molecule has 0 fully saturated rings. The average molecular weight is 327 g/mol. The number of rotatable bonds is 6. The van der Waals surface area contributed by atoms with E-state index in [9.17, 15) is 4.79 Å². The van der Waals surface area contributed by atoms with Gasteiger partial charge in [0.05, 0.1) is 21.3 Å². The number of anilines is 1. The third-order valence-corrected chi connectivity index (χ3v) is 3.40. The van der Waals surface area contributed by atoms with Gasteiger partial charge in [-0.25, -0.2) is 0 Å². The van der Waals surface area contributed by atoms with Crippen molar-refractivity contribution in [2.45, 2.75) is 6.92 Å². The molecule has 126 valence electrons. The van der Waals surface area contributed by atoms with E-state index in [1.165, 1.54) is 27.4 Å². The van der Waals surface area contributed by atoms with E-state index in [2.05, 4.69) is 5.32 Å². The molecule has 0 atom stereocenters. The lowest BCUT2D eigenvalue weighted by atomic mass is 10.1. The quantitative estimate of drug-likeness (QED) is 0.823. The van der Waals surface area contributed by atoms with Crippen LogP contribution in [-0.2, 0) is 4.79 Å². The highest BCUT2D eigenvalue weighted by Gasteiger charge is 2.13. The fraction of sp³-hybridized carbons (Fsp3) is 0.211. The number of nitrogens with one attached hydrogen (secondary N) is 1. The van der Waals surface area contributed by atoms with Gasteiger partial charge in [0.1, 0.15) is 0 Å². The maximum Gasteiger partial charge on any atom is 0.248 e. The zero-order chi connectivity index (χ0) is 17.5. The standard InChI is InChI=1S/C19H21NO4/c1-13-6-5-7-14(10-13)8-9-18(21)20-15-11-16(22-2)19(24-4)17(12-15)23-3/h5-12H,1-4H3,(H,20,21)/b9-8+. The molecular weight excluding hydrogens is 306 g/mol. The van der Waals surface area contributed by atoms with Crippen molar-refractivity contribution < 1.29 is 19.0 Å². The van der Waals surface area contributed by atoms with Gasteiger partial charge in [0.25, 0.3) is 0 Å². The van der Waals surface area contributed by atoms with Crippen LogP contribution in [-0.4, -0.2) is 27.2 Å². The summed E-state index contributed by atoms with van der Waals surface area (Å²) >= 11 is 0. The molecule has 2 aromatic carbocycles. The minimum absolute atomic E-state index is 0.245. The third-order valence-electron chi connectivity index (χ3n) is 3.40.